The van der Waals surface area contributed by atoms with E-state index in [-0.39, 0.29) is 29.1 Å². The number of thioether (sulfide) groups is 1. The Hall–Kier alpha value is -2.61. The molecule has 2 amide bonds. The van der Waals surface area contributed by atoms with Crippen molar-refractivity contribution in [2.45, 2.75) is 31.7 Å². The lowest BCUT2D eigenvalue weighted by Gasteiger charge is -2.28. The highest BCUT2D eigenvalue weighted by atomic mass is 32.2. The highest BCUT2D eigenvalue weighted by Crippen LogP contribution is 2.35. The van der Waals surface area contributed by atoms with Gasteiger partial charge >= 0.3 is 5.97 Å². The molecule has 1 N–H and O–H groups in total. The van der Waals surface area contributed by atoms with Crippen LogP contribution >= 0.6 is 11.8 Å². The summed E-state index contributed by atoms with van der Waals surface area (Å²) in [5.74, 6) is -0.503. The van der Waals surface area contributed by atoms with Crippen molar-refractivity contribution in [3.8, 4) is 0 Å². The Bertz CT molecular complexity index is 957. The second kappa shape index (κ2) is 7.19. The van der Waals surface area contributed by atoms with Crippen LogP contribution < -0.4 is 5.32 Å². The van der Waals surface area contributed by atoms with Gasteiger partial charge in [0.05, 0.1) is 35.3 Å². The lowest BCUT2D eigenvalue weighted by atomic mass is 9.86. The molecule has 0 radical (unpaired) electrons. The summed E-state index contributed by atoms with van der Waals surface area (Å²) in [6, 6.07) is 6.07. The van der Waals surface area contributed by atoms with E-state index in [2.05, 4.69) is 14.9 Å². The fourth-order valence-electron chi connectivity index (χ4n) is 3.75. The summed E-state index contributed by atoms with van der Waals surface area (Å²) < 4.78 is 7.01. The minimum absolute atomic E-state index is 0.0169. The first-order valence-corrected chi connectivity index (χ1v) is 9.66. The van der Waals surface area contributed by atoms with Gasteiger partial charge in [-0.25, -0.2) is 4.98 Å². The number of esters is 1. The molecule has 1 saturated heterocycles. The number of fused-ring (bicyclic) bond motifs is 1. The topological polar surface area (TPSA) is 90.3 Å². The van der Waals surface area contributed by atoms with Gasteiger partial charge in [0.1, 0.15) is 0 Å². The molecule has 1 saturated carbocycles. The molecule has 1 aromatic carbocycles. The molecule has 4 rings (SSSR count). The molecule has 7 nitrogen and oxygen atoms in total. The zero-order valence-corrected chi connectivity index (χ0v) is 15.6. The van der Waals surface area contributed by atoms with Crippen LogP contribution in [0.3, 0.4) is 0 Å². The molecule has 1 aliphatic carbocycles. The van der Waals surface area contributed by atoms with Crippen molar-refractivity contribution in [3.05, 3.63) is 35.0 Å². The van der Waals surface area contributed by atoms with Gasteiger partial charge in [-0.2, -0.15) is 0 Å². The van der Waals surface area contributed by atoms with Crippen molar-refractivity contribution in [3.63, 3.8) is 0 Å². The molecule has 0 spiro atoms. The molecular formula is C19H19N3O4S. The van der Waals surface area contributed by atoms with Gasteiger partial charge in [-0.15, -0.1) is 0 Å². The first kappa shape index (κ1) is 17.8. The summed E-state index contributed by atoms with van der Waals surface area (Å²) in [6.07, 6.45) is 6.95. The van der Waals surface area contributed by atoms with Gasteiger partial charge in [-0.1, -0.05) is 6.07 Å². The Balaban J connectivity index is 1.58. The Morgan fingerprint density at radius 3 is 2.74 bits per heavy atom. The highest BCUT2D eigenvalue weighted by Gasteiger charge is 2.28. The number of amides is 2. The fourth-order valence-corrected chi connectivity index (χ4v) is 4.43. The van der Waals surface area contributed by atoms with Crippen LogP contribution in [0.1, 0.15) is 37.3 Å². The predicted octanol–water partition coefficient (Wildman–Crippen LogP) is 3.26. The normalized spacial score (nSPS) is 24.4. The summed E-state index contributed by atoms with van der Waals surface area (Å²) in [7, 11) is 1.43. The molecular weight excluding hydrogens is 366 g/mol. The number of nitrogens with zero attached hydrogens (tertiary/aromatic N) is 2. The van der Waals surface area contributed by atoms with Crippen molar-refractivity contribution in [1.82, 2.24) is 14.9 Å². The third-order valence-corrected chi connectivity index (χ3v) is 5.97. The van der Waals surface area contributed by atoms with Crippen molar-refractivity contribution >= 4 is 46.0 Å². The third-order valence-electron chi connectivity index (χ3n) is 5.16. The van der Waals surface area contributed by atoms with E-state index in [0.29, 0.717) is 4.91 Å². The predicted molar refractivity (Wildman–Crippen MR) is 102 cm³/mol. The maximum absolute atomic E-state index is 11.8. The van der Waals surface area contributed by atoms with Gasteiger partial charge < -0.3 is 9.30 Å². The van der Waals surface area contributed by atoms with Crippen LogP contribution in [0.5, 0.6) is 0 Å². The molecule has 0 unspecified atom stereocenters. The lowest BCUT2D eigenvalue weighted by molar-refractivity contribution is -0.146. The third kappa shape index (κ3) is 3.49. The number of ether oxygens (including phenoxy) is 1. The average molecular weight is 385 g/mol. The SMILES string of the molecule is COC(=O)C1CCC(n2cnc3ccc(C=C4SC(=O)NC4=O)cc32)CC1. The van der Waals surface area contributed by atoms with Crippen LogP contribution in [0.25, 0.3) is 17.1 Å². The first-order chi connectivity index (χ1) is 13.0. The smallest absolute Gasteiger partial charge is 0.308 e. The zero-order valence-electron chi connectivity index (χ0n) is 14.8. The molecule has 0 atom stereocenters. The number of nitrogens with one attached hydrogen (secondary N) is 1. The second-order valence-corrected chi connectivity index (χ2v) is 7.80. The van der Waals surface area contributed by atoms with Gasteiger partial charge in [-0.3, -0.25) is 19.7 Å². The maximum Gasteiger partial charge on any atom is 0.308 e. The largest absolute Gasteiger partial charge is 0.469 e. The molecule has 0 bridgehead atoms. The molecule has 2 aliphatic rings. The highest BCUT2D eigenvalue weighted by molar-refractivity contribution is 8.18. The van der Waals surface area contributed by atoms with E-state index in [1.807, 2.05) is 24.5 Å². The molecule has 2 aromatic rings. The fraction of sp³-hybridized carbons (Fsp3) is 0.368. The summed E-state index contributed by atoms with van der Waals surface area (Å²) in [6.45, 7) is 0. The number of hydrogen-bond acceptors (Lipinski definition) is 6. The molecule has 1 aliphatic heterocycles. The quantitative estimate of drug-likeness (QED) is 0.644. The van der Waals surface area contributed by atoms with Crippen LogP contribution in [0, 0.1) is 5.92 Å². The Kier molecular flexibility index (Phi) is 4.73. The summed E-state index contributed by atoms with van der Waals surface area (Å²) in [5, 5.41) is 1.91. The summed E-state index contributed by atoms with van der Waals surface area (Å²) in [4.78, 5) is 39.7. The van der Waals surface area contributed by atoms with E-state index in [4.69, 9.17) is 4.74 Å². The minimum Gasteiger partial charge on any atom is -0.469 e. The van der Waals surface area contributed by atoms with E-state index in [9.17, 15) is 14.4 Å². The van der Waals surface area contributed by atoms with Crippen LogP contribution in [0.4, 0.5) is 4.79 Å². The zero-order chi connectivity index (χ0) is 19.0. The van der Waals surface area contributed by atoms with E-state index in [1.54, 1.807) is 6.08 Å². The average Bonchev–Trinajstić information content (AvgIpc) is 3.23. The molecule has 1 aromatic heterocycles. The number of carbonyl (C=O) groups is 3. The summed E-state index contributed by atoms with van der Waals surface area (Å²) >= 11 is 0.909. The van der Waals surface area contributed by atoms with Crippen LogP contribution in [0.15, 0.2) is 29.4 Å². The number of hydrogen-bond donors (Lipinski definition) is 1. The van der Waals surface area contributed by atoms with Crippen LogP contribution in [-0.4, -0.2) is 33.8 Å². The Morgan fingerprint density at radius 2 is 2.07 bits per heavy atom. The van der Waals surface area contributed by atoms with Gasteiger partial charge in [0.25, 0.3) is 11.1 Å². The van der Waals surface area contributed by atoms with Crippen molar-refractivity contribution in [2.24, 2.45) is 5.92 Å². The Morgan fingerprint density at radius 1 is 1.30 bits per heavy atom. The van der Waals surface area contributed by atoms with Crippen molar-refractivity contribution < 1.29 is 19.1 Å². The van der Waals surface area contributed by atoms with E-state index in [0.717, 1.165) is 54.0 Å². The minimum atomic E-state index is -0.361. The van der Waals surface area contributed by atoms with Crippen molar-refractivity contribution in [1.29, 1.82) is 0 Å². The lowest BCUT2D eigenvalue weighted by Crippen LogP contribution is -2.24. The number of imide groups is 1. The van der Waals surface area contributed by atoms with Gasteiger partial charge in [0, 0.05) is 6.04 Å². The molecule has 140 valence electrons. The molecule has 27 heavy (non-hydrogen) atoms. The summed E-state index contributed by atoms with van der Waals surface area (Å²) in [5.41, 5.74) is 2.72. The number of carbonyl (C=O) groups excluding carboxylic acids is 3. The van der Waals surface area contributed by atoms with Crippen molar-refractivity contribution in [2.75, 3.05) is 7.11 Å². The molecule has 2 heterocycles. The number of imidazole rings is 1. The van der Waals surface area contributed by atoms with Gasteiger partial charge in [0.2, 0.25) is 0 Å². The monoisotopic (exact) mass is 385 g/mol. The maximum atomic E-state index is 11.8. The van der Waals surface area contributed by atoms with Gasteiger partial charge in [-0.05, 0) is 61.2 Å². The Labute approximate surface area is 160 Å². The van der Waals surface area contributed by atoms with E-state index < -0.39 is 0 Å². The molecule has 2 fully saturated rings. The number of rotatable bonds is 3. The number of aromatic nitrogens is 2. The van der Waals surface area contributed by atoms with Crippen LogP contribution in [0.2, 0.25) is 0 Å². The van der Waals surface area contributed by atoms with E-state index in [1.165, 1.54) is 7.11 Å². The second-order valence-electron chi connectivity index (χ2n) is 6.78. The standard InChI is InChI=1S/C19H19N3O4S/c1-26-18(24)12-3-5-13(6-4-12)22-10-20-14-7-2-11(8-15(14)22)9-16-17(23)21-19(25)27-16/h2,7-10,12-13H,3-6H2,1H3,(H,21,23,25). The number of benzene rings is 1. The van der Waals surface area contributed by atoms with Crippen LogP contribution in [-0.2, 0) is 14.3 Å². The van der Waals surface area contributed by atoms with E-state index >= 15 is 0 Å². The number of methoxy groups -OCH3 is 1. The van der Waals surface area contributed by atoms with Gasteiger partial charge in [0.15, 0.2) is 0 Å². The first-order valence-electron chi connectivity index (χ1n) is 8.84. The molecule has 8 heteroatoms.